The number of rotatable bonds is 4. The fraction of sp³-hybridized carbons (Fsp3) is 0.308. The Morgan fingerprint density at radius 3 is 2.64 bits per heavy atom. The number of halogens is 1. The summed E-state index contributed by atoms with van der Waals surface area (Å²) in [5.74, 6) is -0.608. The molecule has 3 aromatic heterocycles. The molecule has 0 radical (unpaired) electrons. The monoisotopic (exact) mass is 506 g/mol. The van der Waals surface area contributed by atoms with E-state index >= 15 is 0 Å². The number of hydrogen-bond acceptors (Lipinski definition) is 7. The molecule has 10 heteroatoms. The number of imide groups is 1. The van der Waals surface area contributed by atoms with Crippen molar-refractivity contribution in [3.63, 3.8) is 0 Å². The molecule has 0 aliphatic carbocycles. The van der Waals surface area contributed by atoms with Crippen LogP contribution in [0.2, 0.25) is 0 Å². The summed E-state index contributed by atoms with van der Waals surface area (Å²) >= 11 is 1.53. The van der Waals surface area contributed by atoms with Crippen LogP contribution in [-0.2, 0) is 9.59 Å². The fourth-order valence-electron chi connectivity index (χ4n) is 5.05. The quantitative estimate of drug-likeness (QED) is 0.409. The number of piperidine rings is 1. The first-order chi connectivity index (χ1) is 16.9. The normalized spacial score (nSPS) is 20.5. The van der Waals surface area contributed by atoms with Crippen molar-refractivity contribution in [3.8, 4) is 0 Å². The number of alkyl halides is 1. The van der Waals surface area contributed by atoms with E-state index in [1.165, 1.54) is 11.3 Å². The Morgan fingerprint density at radius 1 is 1.08 bits per heavy atom. The summed E-state index contributed by atoms with van der Waals surface area (Å²) in [4.78, 5) is 43.4. The van der Waals surface area contributed by atoms with Gasteiger partial charge in [-0.25, -0.2) is 14.4 Å². The fourth-order valence-corrected chi connectivity index (χ4v) is 5.82. The average Bonchev–Trinajstić information content (AvgIpc) is 3.52. The molecule has 4 aromatic rings. The molecule has 5 heterocycles. The predicted molar refractivity (Wildman–Crippen MR) is 142 cm³/mol. The van der Waals surface area contributed by atoms with Gasteiger partial charge in [0.25, 0.3) is 11.8 Å². The van der Waals surface area contributed by atoms with Crippen LogP contribution in [-0.4, -0.2) is 71.1 Å². The predicted octanol–water partition coefficient (Wildman–Crippen LogP) is 3.85. The first-order valence-electron chi connectivity index (χ1n) is 11.4. The van der Waals surface area contributed by atoms with Crippen molar-refractivity contribution in [2.75, 3.05) is 32.1 Å². The van der Waals surface area contributed by atoms with Crippen molar-refractivity contribution < 1.29 is 14.0 Å². The maximum absolute atomic E-state index is 15.0. The van der Waals surface area contributed by atoms with E-state index in [0.29, 0.717) is 41.1 Å². The Bertz CT molecular complexity index is 1520. The number of aromatic amines is 1. The molecule has 8 nitrogen and oxygen atoms in total. The van der Waals surface area contributed by atoms with Gasteiger partial charge in [-0.05, 0) is 38.0 Å². The number of hydrogen-bond donors (Lipinski definition) is 2. The number of fused-ring (bicyclic) bond motifs is 2. The number of para-hydroxylation sites is 1. The van der Waals surface area contributed by atoms with Crippen LogP contribution in [0.1, 0.15) is 25.1 Å². The van der Waals surface area contributed by atoms with Crippen molar-refractivity contribution in [1.82, 2.24) is 25.2 Å². The van der Waals surface area contributed by atoms with Crippen LogP contribution in [0.4, 0.5) is 10.3 Å². The summed E-state index contributed by atoms with van der Waals surface area (Å²) < 4.78 is 15.0. The second-order valence-electron chi connectivity index (χ2n) is 9.07. The van der Waals surface area contributed by atoms with Crippen LogP contribution < -0.4 is 10.2 Å². The third-order valence-corrected chi connectivity index (χ3v) is 7.63. The van der Waals surface area contributed by atoms with Gasteiger partial charge in [-0.2, -0.15) is 0 Å². The van der Waals surface area contributed by atoms with E-state index in [2.05, 4.69) is 10.3 Å². The largest absolute Gasteiger partial charge is 0.352 e. The summed E-state index contributed by atoms with van der Waals surface area (Å²) in [7, 11) is 3.76. The van der Waals surface area contributed by atoms with Gasteiger partial charge in [-0.1, -0.05) is 25.6 Å². The second kappa shape index (κ2) is 9.11. The molecule has 1 saturated heterocycles. The highest BCUT2D eigenvalue weighted by molar-refractivity contribution is 7.16. The van der Waals surface area contributed by atoms with Gasteiger partial charge in [-0.15, -0.1) is 11.3 Å². The van der Waals surface area contributed by atoms with E-state index in [-0.39, 0.29) is 31.2 Å². The molecule has 2 atom stereocenters. The lowest BCUT2D eigenvalue weighted by Gasteiger charge is -2.37. The number of benzene rings is 1. The van der Waals surface area contributed by atoms with Crippen LogP contribution in [0.3, 0.4) is 0 Å². The molecule has 0 bridgehead atoms. The first kappa shape index (κ1) is 24.1. The zero-order valence-electron chi connectivity index (χ0n) is 19.2. The molecule has 1 aromatic carbocycles. The van der Waals surface area contributed by atoms with E-state index in [9.17, 15) is 14.0 Å². The van der Waals surface area contributed by atoms with Crippen LogP contribution in [0.15, 0.2) is 41.9 Å². The van der Waals surface area contributed by atoms with Gasteiger partial charge in [0.05, 0.1) is 28.9 Å². The van der Waals surface area contributed by atoms with Crippen molar-refractivity contribution in [2.24, 2.45) is 0 Å². The minimum atomic E-state index is -1.06. The molecule has 2 N–H and O–H groups in total. The molecule has 2 aliphatic rings. The van der Waals surface area contributed by atoms with E-state index in [0.717, 1.165) is 10.2 Å². The summed E-state index contributed by atoms with van der Waals surface area (Å²) in [6, 6.07) is 9.13. The SMILES string of the molecule is C.CN(C)[C@H]1CCN(c2nc(C3=C(c4c[nH]c5sccc45)C(=O)NC3=O)c3ccccc3n2)C[C@H]1F. The van der Waals surface area contributed by atoms with Crippen LogP contribution in [0, 0.1) is 0 Å². The maximum Gasteiger partial charge on any atom is 0.261 e. The Morgan fingerprint density at radius 2 is 1.86 bits per heavy atom. The number of carbonyl (C=O) groups is 2. The Hall–Kier alpha value is -3.63. The lowest BCUT2D eigenvalue weighted by Crippen LogP contribution is -2.50. The molecule has 2 aliphatic heterocycles. The van der Waals surface area contributed by atoms with Crippen molar-refractivity contribution in [1.29, 1.82) is 0 Å². The van der Waals surface area contributed by atoms with Gasteiger partial charge < -0.3 is 14.8 Å². The molecule has 36 heavy (non-hydrogen) atoms. The number of nitrogens with zero attached hydrogens (tertiary/aromatic N) is 4. The van der Waals surface area contributed by atoms with Gasteiger partial charge in [-0.3, -0.25) is 14.9 Å². The molecule has 0 spiro atoms. The summed E-state index contributed by atoms with van der Waals surface area (Å²) in [5, 5.41) is 5.91. The second-order valence-corrected chi connectivity index (χ2v) is 9.99. The molecule has 6 rings (SSSR count). The average molecular weight is 507 g/mol. The molecule has 186 valence electrons. The molecule has 0 unspecified atom stereocenters. The Balaban J connectivity index is 0.00000267. The highest BCUT2D eigenvalue weighted by Crippen LogP contribution is 2.38. The highest BCUT2D eigenvalue weighted by atomic mass is 32.1. The molecule has 1 fully saturated rings. The molecular weight excluding hydrogens is 479 g/mol. The number of aromatic nitrogens is 3. The minimum Gasteiger partial charge on any atom is -0.352 e. The lowest BCUT2D eigenvalue weighted by molar-refractivity contribution is -0.122. The van der Waals surface area contributed by atoms with Gasteiger partial charge in [0.1, 0.15) is 11.0 Å². The number of anilines is 1. The zero-order valence-corrected chi connectivity index (χ0v) is 20.0. The van der Waals surface area contributed by atoms with Crippen molar-refractivity contribution in [3.05, 3.63) is 53.2 Å². The van der Waals surface area contributed by atoms with Gasteiger partial charge in [0.15, 0.2) is 0 Å². The summed E-state index contributed by atoms with van der Waals surface area (Å²) in [6.07, 6.45) is 1.32. The number of thiophene rings is 1. The highest BCUT2D eigenvalue weighted by Gasteiger charge is 2.37. The van der Waals surface area contributed by atoms with Crippen LogP contribution >= 0.6 is 11.3 Å². The van der Waals surface area contributed by atoms with Gasteiger partial charge >= 0.3 is 0 Å². The van der Waals surface area contributed by atoms with Gasteiger partial charge in [0.2, 0.25) is 5.95 Å². The molecule has 2 amide bonds. The number of nitrogens with one attached hydrogen (secondary N) is 2. The number of amides is 2. The maximum atomic E-state index is 15.0. The van der Waals surface area contributed by atoms with Crippen molar-refractivity contribution >= 4 is 61.4 Å². The van der Waals surface area contributed by atoms with E-state index in [1.807, 2.05) is 59.6 Å². The van der Waals surface area contributed by atoms with Crippen LogP contribution in [0.5, 0.6) is 0 Å². The molecule has 0 saturated carbocycles. The van der Waals surface area contributed by atoms with Crippen LogP contribution in [0.25, 0.3) is 32.3 Å². The minimum absolute atomic E-state index is 0. The standard InChI is InChI=1S/C25H23FN6O2S.CH4/c1-31(2)18-7-9-32(12-16(18)26)25-28-17-6-4-3-5-14(17)21(29-25)20-19(22(33)30-23(20)34)15-11-27-24-13(15)8-10-35-24;/h3-6,8,10-11,16,18,27H,7,9,12H2,1-2H3,(H,30,33,34);1H4/t16-,18+;/m1./s1. The summed E-state index contributed by atoms with van der Waals surface area (Å²) in [6.45, 7) is 0.746. The Kier molecular flexibility index (Phi) is 6.09. The molecular formula is C26H27FN6O2S. The van der Waals surface area contributed by atoms with E-state index in [4.69, 9.17) is 9.97 Å². The van der Waals surface area contributed by atoms with Gasteiger partial charge in [0, 0.05) is 35.1 Å². The zero-order chi connectivity index (χ0) is 24.3. The van der Waals surface area contributed by atoms with E-state index < -0.39 is 18.0 Å². The summed E-state index contributed by atoms with van der Waals surface area (Å²) in [5.41, 5.74) is 2.15. The first-order valence-corrected chi connectivity index (χ1v) is 12.3. The smallest absolute Gasteiger partial charge is 0.261 e. The number of H-pyrrole nitrogens is 1. The third-order valence-electron chi connectivity index (χ3n) is 6.78. The van der Waals surface area contributed by atoms with Crippen molar-refractivity contribution in [2.45, 2.75) is 26.1 Å². The topological polar surface area (TPSA) is 94.2 Å². The number of carbonyl (C=O) groups excluding carboxylic acids is 2. The Labute approximate surface area is 211 Å². The third kappa shape index (κ3) is 3.77. The lowest BCUT2D eigenvalue weighted by atomic mass is 9.97. The van der Waals surface area contributed by atoms with E-state index in [1.54, 1.807) is 6.20 Å².